The standard InChI is InChI=1S/C8H7BrClNO2/c9-5-1-4(10)2-6(12)8(5)7(13)3-11/h1-2,12H,3,11H2. The number of nitrogens with two attached hydrogens (primary N) is 1. The molecule has 0 spiro atoms. The first-order chi connectivity index (χ1) is 6.06. The molecule has 0 unspecified atom stereocenters. The van der Waals surface area contributed by atoms with Crippen molar-refractivity contribution in [3.8, 4) is 5.75 Å². The molecule has 3 N–H and O–H groups in total. The number of carbonyl (C=O) groups excluding carboxylic acids is 1. The Kier molecular flexibility index (Phi) is 3.30. The Labute approximate surface area is 88.6 Å². The van der Waals surface area contributed by atoms with E-state index >= 15 is 0 Å². The molecule has 0 aliphatic rings. The molecule has 0 saturated heterocycles. The van der Waals surface area contributed by atoms with Gasteiger partial charge in [0.05, 0.1) is 12.1 Å². The van der Waals surface area contributed by atoms with Crippen molar-refractivity contribution in [3.05, 3.63) is 27.2 Å². The maximum absolute atomic E-state index is 11.2. The lowest BCUT2D eigenvalue weighted by atomic mass is 10.1. The van der Waals surface area contributed by atoms with E-state index in [4.69, 9.17) is 17.3 Å². The normalized spacial score (nSPS) is 10.1. The van der Waals surface area contributed by atoms with E-state index in [1.54, 1.807) is 0 Å². The van der Waals surface area contributed by atoms with Crippen LogP contribution in [0.1, 0.15) is 10.4 Å². The molecule has 5 heteroatoms. The zero-order chi connectivity index (χ0) is 10.0. The summed E-state index contributed by atoms with van der Waals surface area (Å²) in [6.45, 7) is -0.145. The zero-order valence-electron chi connectivity index (χ0n) is 6.55. The Morgan fingerprint density at radius 3 is 2.69 bits per heavy atom. The molecule has 0 amide bonds. The Balaban J connectivity index is 3.28. The summed E-state index contributed by atoms with van der Waals surface area (Å²) in [5, 5.41) is 9.74. The maximum Gasteiger partial charge on any atom is 0.181 e. The minimum absolute atomic E-state index is 0.145. The van der Waals surface area contributed by atoms with Crippen LogP contribution in [0.4, 0.5) is 0 Å². The van der Waals surface area contributed by atoms with E-state index in [0.717, 1.165) is 0 Å². The molecular weight excluding hydrogens is 257 g/mol. The van der Waals surface area contributed by atoms with Crippen LogP contribution in [0.15, 0.2) is 16.6 Å². The molecule has 0 aliphatic carbocycles. The number of benzene rings is 1. The SMILES string of the molecule is NCC(=O)c1c(O)cc(Cl)cc1Br. The highest BCUT2D eigenvalue weighted by atomic mass is 79.9. The topological polar surface area (TPSA) is 63.3 Å². The first-order valence-corrected chi connectivity index (χ1v) is 4.64. The van der Waals surface area contributed by atoms with Crippen molar-refractivity contribution in [2.45, 2.75) is 0 Å². The molecule has 1 aromatic rings. The van der Waals surface area contributed by atoms with Gasteiger partial charge in [-0.2, -0.15) is 0 Å². The smallest absolute Gasteiger partial charge is 0.181 e. The highest BCUT2D eigenvalue weighted by Crippen LogP contribution is 2.30. The van der Waals surface area contributed by atoms with E-state index in [0.29, 0.717) is 9.50 Å². The van der Waals surface area contributed by atoms with E-state index < -0.39 is 0 Å². The summed E-state index contributed by atoms with van der Waals surface area (Å²) < 4.78 is 0.452. The highest BCUT2D eigenvalue weighted by Gasteiger charge is 2.14. The number of hydrogen-bond donors (Lipinski definition) is 2. The fourth-order valence-electron chi connectivity index (χ4n) is 0.938. The molecule has 0 aromatic heterocycles. The monoisotopic (exact) mass is 263 g/mol. The van der Waals surface area contributed by atoms with Gasteiger partial charge in [-0.05, 0) is 28.1 Å². The molecule has 0 atom stereocenters. The highest BCUT2D eigenvalue weighted by molar-refractivity contribution is 9.10. The maximum atomic E-state index is 11.2. The van der Waals surface area contributed by atoms with Crippen LogP contribution in [0.5, 0.6) is 5.75 Å². The predicted molar refractivity (Wildman–Crippen MR) is 54.2 cm³/mol. The molecule has 0 aliphatic heterocycles. The Hall–Kier alpha value is -0.580. The van der Waals surface area contributed by atoms with Gasteiger partial charge < -0.3 is 10.8 Å². The molecular formula is C8H7BrClNO2. The molecule has 0 saturated carbocycles. The van der Waals surface area contributed by atoms with E-state index in [1.807, 2.05) is 0 Å². The van der Waals surface area contributed by atoms with Gasteiger partial charge in [0, 0.05) is 9.50 Å². The second-order valence-corrected chi connectivity index (χ2v) is 3.70. The first kappa shape index (κ1) is 10.5. The number of phenols is 1. The fourth-order valence-corrected chi connectivity index (χ4v) is 1.95. The third kappa shape index (κ3) is 2.21. The quantitative estimate of drug-likeness (QED) is 0.803. The van der Waals surface area contributed by atoms with Crippen LogP contribution in [-0.2, 0) is 0 Å². The van der Waals surface area contributed by atoms with Crippen molar-refractivity contribution >= 4 is 33.3 Å². The molecule has 13 heavy (non-hydrogen) atoms. The van der Waals surface area contributed by atoms with Crippen molar-refractivity contribution in [1.82, 2.24) is 0 Å². The van der Waals surface area contributed by atoms with Crippen molar-refractivity contribution in [2.24, 2.45) is 5.73 Å². The Morgan fingerprint density at radius 2 is 2.23 bits per heavy atom. The molecule has 0 heterocycles. The second-order valence-electron chi connectivity index (χ2n) is 2.41. The van der Waals surface area contributed by atoms with Crippen LogP contribution >= 0.6 is 27.5 Å². The summed E-state index contributed by atoms with van der Waals surface area (Å²) >= 11 is 8.76. The summed E-state index contributed by atoms with van der Waals surface area (Å²) in [7, 11) is 0. The van der Waals surface area contributed by atoms with Gasteiger partial charge in [-0.1, -0.05) is 11.6 Å². The van der Waals surface area contributed by atoms with Crippen molar-refractivity contribution in [3.63, 3.8) is 0 Å². The summed E-state index contributed by atoms with van der Waals surface area (Å²) in [6.07, 6.45) is 0. The molecule has 0 radical (unpaired) electrons. The summed E-state index contributed by atoms with van der Waals surface area (Å²) in [5.41, 5.74) is 5.34. The number of phenolic OH excluding ortho intramolecular Hbond substituents is 1. The molecule has 1 rings (SSSR count). The summed E-state index contributed by atoms with van der Waals surface area (Å²) in [4.78, 5) is 11.2. The van der Waals surface area contributed by atoms with Gasteiger partial charge in [0.1, 0.15) is 5.75 Å². The lowest BCUT2D eigenvalue weighted by Gasteiger charge is -2.05. The van der Waals surface area contributed by atoms with Gasteiger partial charge in [-0.3, -0.25) is 4.79 Å². The van der Waals surface area contributed by atoms with E-state index in [9.17, 15) is 9.90 Å². The first-order valence-electron chi connectivity index (χ1n) is 3.47. The molecule has 1 aromatic carbocycles. The third-order valence-electron chi connectivity index (χ3n) is 1.50. The van der Waals surface area contributed by atoms with Crippen LogP contribution in [0.25, 0.3) is 0 Å². The lowest BCUT2D eigenvalue weighted by Crippen LogP contribution is -2.14. The Bertz CT molecular complexity index is 331. The number of halogens is 2. The van der Waals surface area contributed by atoms with Gasteiger partial charge in [-0.15, -0.1) is 0 Å². The number of aromatic hydroxyl groups is 1. The minimum Gasteiger partial charge on any atom is -0.507 e. The van der Waals surface area contributed by atoms with Gasteiger partial charge >= 0.3 is 0 Å². The zero-order valence-corrected chi connectivity index (χ0v) is 8.89. The van der Waals surface area contributed by atoms with Crippen LogP contribution in [0, 0.1) is 0 Å². The van der Waals surface area contributed by atoms with Crippen molar-refractivity contribution in [2.75, 3.05) is 6.54 Å². The summed E-state index contributed by atoms with van der Waals surface area (Å²) in [5.74, 6) is -0.490. The van der Waals surface area contributed by atoms with Crippen molar-refractivity contribution < 1.29 is 9.90 Å². The lowest BCUT2D eigenvalue weighted by molar-refractivity contribution is 0.0998. The minimum atomic E-state index is -0.332. The average Bonchev–Trinajstić information content (AvgIpc) is 2.02. The van der Waals surface area contributed by atoms with Gasteiger partial charge in [0.15, 0.2) is 5.78 Å². The largest absolute Gasteiger partial charge is 0.507 e. The number of Topliss-reactive ketones (excluding diaryl/α,β-unsaturated/α-hetero) is 1. The van der Waals surface area contributed by atoms with Crippen LogP contribution < -0.4 is 5.73 Å². The van der Waals surface area contributed by atoms with E-state index in [1.165, 1.54) is 12.1 Å². The van der Waals surface area contributed by atoms with Crippen LogP contribution in [0.2, 0.25) is 5.02 Å². The number of rotatable bonds is 2. The van der Waals surface area contributed by atoms with Crippen LogP contribution in [0.3, 0.4) is 0 Å². The third-order valence-corrected chi connectivity index (χ3v) is 2.34. The van der Waals surface area contributed by atoms with Gasteiger partial charge in [-0.25, -0.2) is 0 Å². The van der Waals surface area contributed by atoms with E-state index in [-0.39, 0.29) is 23.6 Å². The van der Waals surface area contributed by atoms with Gasteiger partial charge in [0.2, 0.25) is 0 Å². The number of carbonyl (C=O) groups is 1. The number of hydrogen-bond acceptors (Lipinski definition) is 3. The predicted octanol–water partition coefficient (Wildman–Crippen LogP) is 1.95. The Morgan fingerprint density at radius 1 is 1.62 bits per heavy atom. The van der Waals surface area contributed by atoms with Crippen molar-refractivity contribution in [1.29, 1.82) is 0 Å². The van der Waals surface area contributed by atoms with E-state index in [2.05, 4.69) is 15.9 Å². The number of ketones is 1. The molecule has 0 bridgehead atoms. The molecule has 70 valence electrons. The van der Waals surface area contributed by atoms with Crippen LogP contribution in [-0.4, -0.2) is 17.4 Å². The molecule has 0 fully saturated rings. The second kappa shape index (κ2) is 4.09. The van der Waals surface area contributed by atoms with Gasteiger partial charge in [0.25, 0.3) is 0 Å². The summed E-state index contributed by atoms with van der Waals surface area (Å²) in [6, 6.07) is 2.83. The fraction of sp³-hybridized carbons (Fsp3) is 0.125. The average molecular weight is 265 g/mol. The molecule has 3 nitrogen and oxygen atoms in total.